The van der Waals surface area contributed by atoms with Crippen molar-refractivity contribution in [3.8, 4) is 18.1 Å². The highest BCUT2D eigenvalue weighted by Gasteiger charge is 2.30. The van der Waals surface area contributed by atoms with E-state index in [2.05, 4.69) is 5.92 Å². The highest BCUT2D eigenvalue weighted by molar-refractivity contribution is 5.39. The van der Waals surface area contributed by atoms with Crippen molar-refractivity contribution in [2.45, 2.75) is 12.0 Å². The van der Waals surface area contributed by atoms with Crippen molar-refractivity contribution in [1.82, 2.24) is 0 Å². The van der Waals surface area contributed by atoms with Gasteiger partial charge in [0.2, 0.25) is 0 Å². The van der Waals surface area contributed by atoms with E-state index in [-0.39, 0.29) is 12.2 Å². The minimum absolute atomic E-state index is 0.162. The summed E-state index contributed by atoms with van der Waals surface area (Å²) in [6.45, 7) is 0. The van der Waals surface area contributed by atoms with Crippen LogP contribution in [-0.2, 0) is 5.60 Å². The molecule has 1 unspecified atom stereocenters. The van der Waals surface area contributed by atoms with E-state index in [0.29, 0.717) is 5.56 Å². The molecule has 0 heterocycles. The van der Waals surface area contributed by atoms with Crippen molar-refractivity contribution < 1.29 is 10.2 Å². The first-order valence-electron chi connectivity index (χ1n) is 5.68. The Balaban J connectivity index is 2.51. The average Bonchev–Trinajstić information content (AvgIpc) is 2.40. The van der Waals surface area contributed by atoms with Crippen molar-refractivity contribution in [2.24, 2.45) is 0 Å². The average molecular weight is 238 g/mol. The topological polar surface area (TPSA) is 40.5 Å². The van der Waals surface area contributed by atoms with Gasteiger partial charge in [-0.1, -0.05) is 42.5 Å². The fraction of sp³-hybridized carbons (Fsp3) is 0.125. The van der Waals surface area contributed by atoms with Gasteiger partial charge < -0.3 is 10.2 Å². The molecule has 0 aliphatic rings. The van der Waals surface area contributed by atoms with E-state index in [1.807, 2.05) is 30.3 Å². The summed E-state index contributed by atoms with van der Waals surface area (Å²) in [7, 11) is 0. The second kappa shape index (κ2) is 4.95. The van der Waals surface area contributed by atoms with Crippen LogP contribution < -0.4 is 0 Å². The number of aromatic hydroxyl groups is 1. The van der Waals surface area contributed by atoms with Gasteiger partial charge in [0.1, 0.15) is 11.4 Å². The lowest BCUT2D eigenvalue weighted by Gasteiger charge is -2.27. The maximum atomic E-state index is 10.8. The molecule has 1 atom stereocenters. The molecule has 0 aromatic heterocycles. The second-order valence-electron chi connectivity index (χ2n) is 4.15. The molecule has 2 nitrogen and oxygen atoms in total. The fourth-order valence-corrected chi connectivity index (χ4v) is 1.97. The van der Waals surface area contributed by atoms with E-state index in [1.54, 1.807) is 24.3 Å². The maximum Gasteiger partial charge on any atom is 0.125 e. The van der Waals surface area contributed by atoms with Crippen molar-refractivity contribution in [2.75, 3.05) is 0 Å². The normalized spacial score (nSPS) is 13.6. The van der Waals surface area contributed by atoms with Gasteiger partial charge in [0, 0.05) is 6.42 Å². The number of benzene rings is 2. The van der Waals surface area contributed by atoms with E-state index in [9.17, 15) is 10.2 Å². The smallest absolute Gasteiger partial charge is 0.125 e. The van der Waals surface area contributed by atoms with E-state index < -0.39 is 5.60 Å². The number of terminal acetylenes is 1. The van der Waals surface area contributed by atoms with E-state index in [0.717, 1.165) is 5.56 Å². The number of hydrogen-bond donors (Lipinski definition) is 2. The lowest BCUT2D eigenvalue weighted by molar-refractivity contribution is 0.0865. The quantitative estimate of drug-likeness (QED) is 0.807. The van der Waals surface area contributed by atoms with Gasteiger partial charge >= 0.3 is 0 Å². The monoisotopic (exact) mass is 238 g/mol. The number of phenolic OH excluding ortho intramolecular Hbond substituents is 1. The van der Waals surface area contributed by atoms with Crippen LogP contribution in [0.4, 0.5) is 0 Å². The molecule has 0 saturated carbocycles. The zero-order valence-electron chi connectivity index (χ0n) is 9.88. The number of rotatable bonds is 3. The van der Waals surface area contributed by atoms with Crippen LogP contribution in [0.25, 0.3) is 0 Å². The zero-order valence-corrected chi connectivity index (χ0v) is 9.88. The largest absolute Gasteiger partial charge is 0.508 e. The van der Waals surface area contributed by atoms with Gasteiger partial charge in [-0.2, -0.15) is 0 Å². The maximum absolute atomic E-state index is 10.8. The van der Waals surface area contributed by atoms with Crippen molar-refractivity contribution in [1.29, 1.82) is 0 Å². The fourth-order valence-electron chi connectivity index (χ4n) is 1.97. The van der Waals surface area contributed by atoms with Crippen molar-refractivity contribution >= 4 is 0 Å². The summed E-state index contributed by atoms with van der Waals surface area (Å²) in [5.41, 5.74) is 0.196. The summed E-state index contributed by atoms with van der Waals surface area (Å²) < 4.78 is 0. The van der Waals surface area contributed by atoms with E-state index >= 15 is 0 Å². The molecule has 2 rings (SSSR count). The van der Waals surface area contributed by atoms with E-state index in [4.69, 9.17) is 6.42 Å². The molecule has 0 aliphatic heterocycles. The molecule has 90 valence electrons. The molecule has 2 N–H and O–H groups in total. The summed E-state index contributed by atoms with van der Waals surface area (Å²) in [4.78, 5) is 0. The molecule has 2 aromatic carbocycles. The molecule has 0 amide bonds. The van der Waals surface area contributed by atoms with Crippen LogP contribution in [0.3, 0.4) is 0 Å². The third-order valence-corrected chi connectivity index (χ3v) is 2.95. The molecule has 0 spiro atoms. The van der Waals surface area contributed by atoms with Crippen LogP contribution in [0, 0.1) is 12.3 Å². The molecule has 0 saturated heterocycles. The molecule has 18 heavy (non-hydrogen) atoms. The van der Waals surface area contributed by atoms with Crippen LogP contribution in [-0.4, -0.2) is 10.2 Å². The minimum Gasteiger partial charge on any atom is -0.508 e. The number of hydrogen-bond acceptors (Lipinski definition) is 2. The second-order valence-corrected chi connectivity index (χ2v) is 4.15. The van der Waals surface area contributed by atoms with Crippen LogP contribution in [0.1, 0.15) is 17.5 Å². The Labute approximate surface area is 107 Å². The van der Waals surface area contributed by atoms with Gasteiger partial charge in [0.15, 0.2) is 0 Å². The SMILES string of the molecule is C#CCC(O)(c1ccccc1)c1ccc(O)cc1. The predicted octanol–water partition coefficient (Wildman–Crippen LogP) is 2.65. The minimum atomic E-state index is -1.22. The Bertz CT molecular complexity index is 552. The predicted molar refractivity (Wildman–Crippen MR) is 71.0 cm³/mol. The number of aliphatic hydroxyl groups is 1. The van der Waals surface area contributed by atoms with E-state index in [1.165, 1.54) is 0 Å². The summed E-state index contributed by atoms with van der Waals surface area (Å²) in [6.07, 6.45) is 5.54. The lowest BCUT2D eigenvalue weighted by Crippen LogP contribution is -2.26. The third kappa shape index (κ3) is 2.22. The number of phenols is 1. The van der Waals surface area contributed by atoms with Gasteiger partial charge in [-0.3, -0.25) is 0 Å². The summed E-state index contributed by atoms with van der Waals surface area (Å²) in [5.74, 6) is 2.67. The van der Waals surface area contributed by atoms with Crippen LogP contribution >= 0.6 is 0 Å². The summed E-state index contributed by atoms with van der Waals surface area (Å²) in [6, 6.07) is 15.7. The van der Waals surface area contributed by atoms with Crippen LogP contribution in [0.5, 0.6) is 5.75 Å². The first-order chi connectivity index (χ1) is 8.66. The molecular weight excluding hydrogens is 224 g/mol. The summed E-state index contributed by atoms with van der Waals surface area (Å²) >= 11 is 0. The van der Waals surface area contributed by atoms with Gasteiger partial charge in [-0.05, 0) is 23.3 Å². The molecule has 0 bridgehead atoms. The van der Waals surface area contributed by atoms with Crippen molar-refractivity contribution in [3.05, 3.63) is 65.7 Å². The third-order valence-electron chi connectivity index (χ3n) is 2.95. The Hall–Kier alpha value is -2.24. The standard InChI is InChI=1S/C16H14O2/c1-2-12-16(18,13-6-4-3-5-7-13)14-8-10-15(17)11-9-14/h1,3-11,17-18H,12H2. The highest BCUT2D eigenvalue weighted by atomic mass is 16.3. The van der Waals surface area contributed by atoms with Crippen LogP contribution in [0.2, 0.25) is 0 Å². The first-order valence-corrected chi connectivity index (χ1v) is 5.68. The molecular formula is C16H14O2. The molecule has 2 aromatic rings. The molecule has 2 heteroatoms. The van der Waals surface area contributed by atoms with Gasteiger partial charge in [-0.25, -0.2) is 0 Å². The van der Waals surface area contributed by atoms with Crippen LogP contribution in [0.15, 0.2) is 54.6 Å². The Morgan fingerprint density at radius 1 is 0.944 bits per heavy atom. The highest BCUT2D eigenvalue weighted by Crippen LogP contribution is 2.33. The molecule has 0 aliphatic carbocycles. The zero-order chi connectivity index (χ0) is 13.0. The van der Waals surface area contributed by atoms with Gasteiger partial charge in [0.25, 0.3) is 0 Å². The van der Waals surface area contributed by atoms with Gasteiger partial charge in [0.05, 0.1) is 0 Å². The molecule has 0 fully saturated rings. The lowest BCUT2D eigenvalue weighted by atomic mass is 9.84. The van der Waals surface area contributed by atoms with Gasteiger partial charge in [-0.15, -0.1) is 12.3 Å². The first kappa shape index (κ1) is 12.2. The summed E-state index contributed by atoms with van der Waals surface area (Å²) in [5, 5.41) is 20.1. The molecule has 0 radical (unpaired) electrons. The Morgan fingerprint density at radius 3 is 2.06 bits per heavy atom. The Morgan fingerprint density at radius 2 is 1.50 bits per heavy atom. The van der Waals surface area contributed by atoms with Crippen molar-refractivity contribution in [3.63, 3.8) is 0 Å². The Kier molecular flexibility index (Phi) is 3.36.